The highest BCUT2D eigenvalue weighted by Gasteiger charge is 2.38. The van der Waals surface area contributed by atoms with Crippen LogP contribution in [0.1, 0.15) is 23.6 Å². The van der Waals surface area contributed by atoms with E-state index in [1.54, 1.807) is 25.1 Å². The third-order valence-electron chi connectivity index (χ3n) is 5.57. The minimum atomic E-state index is -0.590. The molecule has 0 spiro atoms. The van der Waals surface area contributed by atoms with Crippen molar-refractivity contribution < 1.29 is 28.5 Å². The first kappa shape index (κ1) is 22.9. The van der Waals surface area contributed by atoms with Gasteiger partial charge in [-0.3, -0.25) is 9.69 Å². The number of ether oxygens (including phenoxy) is 4. The number of amides is 1. The van der Waals surface area contributed by atoms with Crippen molar-refractivity contribution >= 4 is 23.6 Å². The van der Waals surface area contributed by atoms with Gasteiger partial charge in [0.05, 0.1) is 39.6 Å². The van der Waals surface area contributed by atoms with Crippen molar-refractivity contribution in [3.63, 3.8) is 0 Å². The van der Waals surface area contributed by atoms with Crippen molar-refractivity contribution in [3.8, 4) is 17.2 Å². The first-order valence-electron chi connectivity index (χ1n) is 10.0. The summed E-state index contributed by atoms with van der Waals surface area (Å²) in [5.41, 5.74) is 4.30. The van der Waals surface area contributed by atoms with Gasteiger partial charge in [0, 0.05) is 16.9 Å². The Kier molecular flexibility index (Phi) is 6.58. The van der Waals surface area contributed by atoms with E-state index in [4.69, 9.17) is 18.9 Å². The largest absolute Gasteiger partial charge is 0.493 e. The Bertz CT molecular complexity index is 1150. The maximum atomic E-state index is 13.5. The molecule has 0 saturated carbocycles. The number of carbonyl (C=O) groups is 2. The van der Waals surface area contributed by atoms with Crippen molar-refractivity contribution in [3.05, 3.63) is 63.9 Å². The lowest BCUT2D eigenvalue weighted by Gasteiger charge is -2.19. The third-order valence-corrected chi connectivity index (χ3v) is 5.57. The zero-order valence-corrected chi connectivity index (χ0v) is 19.4. The molecule has 0 saturated heterocycles. The van der Waals surface area contributed by atoms with E-state index in [1.165, 1.54) is 33.3 Å². The number of aryl methyl sites for hydroxylation is 2. The van der Waals surface area contributed by atoms with Crippen molar-refractivity contribution in [2.75, 3.05) is 33.3 Å². The Morgan fingerprint density at radius 1 is 0.875 bits per heavy atom. The van der Waals surface area contributed by atoms with Gasteiger partial charge in [0.2, 0.25) is 5.75 Å². The molecule has 1 heterocycles. The molecule has 32 heavy (non-hydrogen) atoms. The molecule has 0 N–H and O–H groups in total. The molecule has 3 rings (SSSR count). The highest BCUT2D eigenvalue weighted by Crippen LogP contribution is 2.42. The van der Waals surface area contributed by atoms with Gasteiger partial charge in [0.25, 0.3) is 5.91 Å². The highest BCUT2D eigenvalue weighted by molar-refractivity contribution is 6.24. The second-order valence-corrected chi connectivity index (χ2v) is 7.34. The minimum absolute atomic E-state index is 0.201. The second-order valence-electron chi connectivity index (χ2n) is 7.34. The Morgan fingerprint density at radius 2 is 1.56 bits per heavy atom. The number of benzene rings is 2. The van der Waals surface area contributed by atoms with Crippen LogP contribution in [0.3, 0.4) is 0 Å². The van der Waals surface area contributed by atoms with E-state index in [9.17, 15) is 9.59 Å². The highest BCUT2D eigenvalue weighted by atomic mass is 16.5. The molecule has 1 amide bonds. The van der Waals surface area contributed by atoms with Gasteiger partial charge in [-0.15, -0.1) is 0 Å². The third kappa shape index (κ3) is 3.82. The van der Waals surface area contributed by atoms with Crippen molar-refractivity contribution in [1.82, 2.24) is 0 Å². The molecule has 7 heteroatoms. The summed E-state index contributed by atoms with van der Waals surface area (Å²) in [6, 6.07) is 9.18. The molecule has 0 aliphatic carbocycles. The van der Waals surface area contributed by atoms with Gasteiger partial charge in [-0.2, -0.15) is 0 Å². The van der Waals surface area contributed by atoms with Crippen LogP contribution in [0.25, 0.3) is 6.08 Å². The number of nitrogens with zero attached hydrogens (tertiary/aromatic N) is 1. The fourth-order valence-electron chi connectivity index (χ4n) is 3.75. The number of carbonyl (C=O) groups excluding carboxylic acids is 2. The lowest BCUT2D eigenvalue weighted by atomic mass is 10.0. The molecule has 1 aliphatic heterocycles. The zero-order valence-electron chi connectivity index (χ0n) is 19.4. The van der Waals surface area contributed by atoms with E-state index >= 15 is 0 Å². The maximum absolute atomic E-state index is 13.5. The van der Waals surface area contributed by atoms with Gasteiger partial charge in [-0.1, -0.05) is 6.07 Å². The van der Waals surface area contributed by atoms with E-state index < -0.39 is 5.97 Å². The number of anilines is 1. The molecule has 0 atom stereocenters. The Balaban J connectivity index is 2.22. The second kappa shape index (κ2) is 9.18. The summed E-state index contributed by atoms with van der Waals surface area (Å²) in [5.74, 6) is 0.344. The number of esters is 1. The molecule has 0 aromatic heterocycles. The number of allylic oxidation sites excluding steroid dienone is 1. The Hall–Kier alpha value is -3.74. The minimum Gasteiger partial charge on any atom is -0.493 e. The molecular formula is C25H27NO6. The average Bonchev–Trinajstić information content (AvgIpc) is 3.03. The maximum Gasteiger partial charge on any atom is 0.340 e. The van der Waals surface area contributed by atoms with Crippen molar-refractivity contribution in [2.45, 2.75) is 20.8 Å². The van der Waals surface area contributed by atoms with Gasteiger partial charge >= 0.3 is 5.97 Å². The first-order valence-corrected chi connectivity index (χ1v) is 10.0. The number of hydrogen-bond acceptors (Lipinski definition) is 6. The number of rotatable bonds is 6. The van der Waals surface area contributed by atoms with Gasteiger partial charge in [0.15, 0.2) is 11.5 Å². The molecule has 0 bridgehead atoms. The molecule has 2 aromatic rings. The van der Waals surface area contributed by atoms with E-state index in [0.29, 0.717) is 34.2 Å². The van der Waals surface area contributed by atoms with Crippen LogP contribution < -0.4 is 19.1 Å². The molecule has 0 unspecified atom stereocenters. The summed E-state index contributed by atoms with van der Waals surface area (Å²) in [4.78, 5) is 27.7. The van der Waals surface area contributed by atoms with Crippen LogP contribution in [-0.2, 0) is 14.3 Å². The molecule has 168 valence electrons. The summed E-state index contributed by atoms with van der Waals surface area (Å²) >= 11 is 0. The van der Waals surface area contributed by atoms with Crippen LogP contribution in [-0.4, -0.2) is 40.3 Å². The monoisotopic (exact) mass is 437 g/mol. The van der Waals surface area contributed by atoms with Crippen molar-refractivity contribution in [2.24, 2.45) is 0 Å². The summed E-state index contributed by atoms with van der Waals surface area (Å²) in [7, 11) is 5.82. The van der Waals surface area contributed by atoms with Crippen LogP contribution in [0.2, 0.25) is 0 Å². The topological polar surface area (TPSA) is 74.3 Å². The van der Waals surface area contributed by atoms with Crippen molar-refractivity contribution in [1.29, 1.82) is 0 Å². The number of hydrogen-bond donors (Lipinski definition) is 0. The van der Waals surface area contributed by atoms with Crippen LogP contribution in [0.5, 0.6) is 17.2 Å². The first-order chi connectivity index (χ1) is 15.3. The summed E-state index contributed by atoms with van der Waals surface area (Å²) < 4.78 is 21.3. The zero-order chi connectivity index (χ0) is 23.6. The number of methoxy groups -OCH3 is 4. The van der Waals surface area contributed by atoms with Crippen LogP contribution in [0.15, 0.2) is 47.2 Å². The predicted octanol–water partition coefficient (Wildman–Crippen LogP) is 4.21. The smallest absolute Gasteiger partial charge is 0.340 e. The molecule has 0 fully saturated rings. The standard InChI is InChI=1S/C25H27NO6/c1-14-8-10-18(12-15(14)2)26-16(3)21(25(28)32-7)19(24(26)27)13-17-9-11-20(29-4)23(31-6)22(17)30-5/h8-13H,1-7H3/b19-13-. The van der Waals surface area contributed by atoms with E-state index in [1.807, 2.05) is 32.0 Å². The quantitative estimate of drug-likeness (QED) is 0.498. The van der Waals surface area contributed by atoms with Gasteiger partial charge in [0.1, 0.15) is 0 Å². The molecule has 7 nitrogen and oxygen atoms in total. The molecule has 2 aromatic carbocycles. The normalized spacial score (nSPS) is 14.8. The lowest BCUT2D eigenvalue weighted by Crippen LogP contribution is -2.24. The van der Waals surface area contributed by atoms with Crippen LogP contribution in [0.4, 0.5) is 5.69 Å². The lowest BCUT2D eigenvalue weighted by molar-refractivity contribution is -0.136. The van der Waals surface area contributed by atoms with Crippen LogP contribution >= 0.6 is 0 Å². The summed E-state index contributed by atoms with van der Waals surface area (Å²) in [5, 5.41) is 0. The van der Waals surface area contributed by atoms with E-state index in [2.05, 4.69) is 0 Å². The Labute approximate surface area is 187 Å². The SMILES string of the molecule is COC(=O)C1=C(C)N(c2ccc(C)c(C)c2)C(=O)/C1=C\c1ccc(OC)c(OC)c1OC. The van der Waals surface area contributed by atoms with Crippen LogP contribution in [0, 0.1) is 13.8 Å². The molecular weight excluding hydrogens is 410 g/mol. The molecule has 0 radical (unpaired) electrons. The fraction of sp³-hybridized carbons (Fsp3) is 0.280. The summed E-state index contributed by atoms with van der Waals surface area (Å²) in [6.07, 6.45) is 1.61. The Morgan fingerprint density at radius 3 is 2.12 bits per heavy atom. The van der Waals surface area contributed by atoms with Gasteiger partial charge in [-0.25, -0.2) is 4.79 Å². The van der Waals surface area contributed by atoms with E-state index in [0.717, 1.165) is 11.1 Å². The summed E-state index contributed by atoms with van der Waals surface area (Å²) in [6.45, 7) is 5.71. The predicted molar refractivity (Wildman–Crippen MR) is 122 cm³/mol. The average molecular weight is 437 g/mol. The van der Waals surface area contributed by atoms with Gasteiger partial charge in [-0.05, 0) is 62.2 Å². The molecule has 1 aliphatic rings. The fourth-order valence-corrected chi connectivity index (χ4v) is 3.75. The van der Waals surface area contributed by atoms with Gasteiger partial charge < -0.3 is 18.9 Å². The van der Waals surface area contributed by atoms with E-state index in [-0.39, 0.29) is 17.1 Å².